The van der Waals surface area contributed by atoms with E-state index in [1.165, 1.54) is 0 Å². The van der Waals surface area contributed by atoms with Gasteiger partial charge in [0.05, 0.1) is 0 Å². The van der Waals surface area contributed by atoms with Gasteiger partial charge in [0.25, 0.3) is 0 Å². The Kier molecular flexibility index (Phi) is 4.62. The molecular weight excluding hydrogens is 289 g/mol. The predicted molar refractivity (Wildman–Crippen MR) is 73.4 cm³/mol. The van der Waals surface area contributed by atoms with Crippen LogP contribution in [0.2, 0.25) is 0 Å². The molecule has 2 nitrogen and oxygen atoms in total. The highest BCUT2D eigenvalue weighted by atomic mass is 35.5. The summed E-state index contributed by atoms with van der Waals surface area (Å²) in [6.07, 6.45) is 2.23. The second-order valence-corrected chi connectivity index (χ2v) is 5.75. The van der Waals surface area contributed by atoms with Gasteiger partial charge in [-0.2, -0.15) is 0 Å². The van der Waals surface area contributed by atoms with Crippen LogP contribution in [-0.4, -0.2) is 31.1 Å². The molecule has 0 aliphatic carbocycles. The minimum atomic E-state index is -1.13. The topological polar surface area (TPSA) is 15.3 Å². The molecule has 112 valence electrons. The lowest BCUT2D eigenvalue weighted by Gasteiger charge is -2.23. The predicted octanol–water partition coefficient (Wildman–Crippen LogP) is 2.71. The molecule has 2 saturated heterocycles. The highest BCUT2D eigenvalue weighted by Gasteiger charge is 2.40. The number of nitrogens with zero attached hydrogens (tertiary/aromatic N) is 1. The maximum absolute atomic E-state index is 13.6. The maximum Gasteiger partial charge on any atom is 0.161 e. The molecule has 1 aromatic carbocycles. The number of benzene rings is 1. The third kappa shape index (κ3) is 2.95. The zero-order valence-electron chi connectivity index (χ0n) is 11.1. The molecule has 0 amide bonds. The maximum atomic E-state index is 13.6. The van der Waals surface area contributed by atoms with Crippen molar-refractivity contribution in [2.45, 2.75) is 19.4 Å². The Bertz CT molecular complexity index is 490. The summed E-state index contributed by atoms with van der Waals surface area (Å²) in [6, 6.07) is 1.61. The molecule has 1 unspecified atom stereocenters. The summed E-state index contributed by atoms with van der Waals surface area (Å²) < 4.78 is 39.6. The SMILES string of the molecule is Cl.Fc1cc(F)c(CN2CCC3(CCNC3)C2)cc1F. The van der Waals surface area contributed by atoms with Gasteiger partial charge in [0, 0.05) is 31.3 Å². The number of hydrogen-bond donors (Lipinski definition) is 1. The van der Waals surface area contributed by atoms with Gasteiger partial charge >= 0.3 is 0 Å². The number of rotatable bonds is 2. The Labute approximate surface area is 122 Å². The third-order valence-corrected chi connectivity index (χ3v) is 4.33. The number of hydrogen-bond acceptors (Lipinski definition) is 2. The van der Waals surface area contributed by atoms with E-state index in [1.807, 2.05) is 0 Å². The van der Waals surface area contributed by atoms with Gasteiger partial charge in [-0.15, -0.1) is 12.4 Å². The van der Waals surface area contributed by atoms with Crippen LogP contribution in [0.5, 0.6) is 0 Å². The summed E-state index contributed by atoms with van der Waals surface area (Å²) in [5, 5.41) is 3.36. The normalized spacial score (nSPS) is 26.1. The molecule has 1 aromatic rings. The van der Waals surface area contributed by atoms with E-state index in [9.17, 15) is 13.2 Å². The lowest BCUT2D eigenvalue weighted by Crippen LogP contribution is -2.29. The summed E-state index contributed by atoms with van der Waals surface area (Å²) >= 11 is 0. The minimum absolute atomic E-state index is 0. The first kappa shape index (κ1) is 15.6. The van der Waals surface area contributed by atoms with Crippen LogP contribution in [0.15, 0.2) is 12.1 Å². The first-order chi connectivity index (χ1) is 9.08. The smallest absolute Gasteiger partial charge is 0.161 e. The molecular formula is C14H18ClF3N2. The molecule has 1 atom stereocenters. The molecule has 2 fully saturated rings. The van der Waals surface area contributed by atoms with Crippen molar-refractivity contribution in [2.24, 2.45) is 5.41 Å². The molecule has 2 aliphatic rings. The van der Waals surface area contributed by atoms with E-state index in [4.69, 9.17) is 0 Å². The van der Waals surface area contributed by atoms with E-state index in [2.05, 4.69) is 10.2 Å². The number of nitrogens with one attached hydrogen (secondary N) is 1. The molecule has 1 spiro atoms. The van der Waals surface area contributed by atoms with E-state index >= 15 is 0 Å². The fraction of sp³-hybridized carbons (Fsp3) is 0.571. The molecule has 0 radical (unpaired) electrons. The van der Waals surface area contributed by atoms with Gasteiger partial charge in [0.1, 0.15) is 5.82 Å². The lowest BCUT2D eigenvalue weighted by atomic mass is 9.86. The summed E-state index contributed by atoms with van der Waals surface area (Å²) in [5.41, 5.74) is 0.539. The third-order valence-electron chi connectivity index (χ3n) is 4.33. The summed E-state index contributed by atoms with van der Waals surface area (Å²) in [7, 11) is 0. The fourth-order valence-electron chi connectivity index (χ4n) is 3.23. The largest absolute Gasteiger partial charge is 0.316 e. The van der Waals surface area contributed by atoms with E-state index in [-0.39, 0.29) is 18.0 Å². The molecule has 20 heavy (non-hydrogen) atoms. The molecule has 2 heterocycles. The second-order valence-electron chi connectivity index (χ2n) is 5.75. The van der Waals surface area contributed by atoms with Crippen molar-refractivity contribution in [3.63, 3.8) is 0 Å². The van der Waals surface area contributed by atoms with E-state index in [0.29, 0.717) is 18.0 Å². The van der Waals surface area contributed by atoms with Gasteiger partial charge < -0.3 is 5.32 Å². The van der Waals surface area contributed by atoms with Crippen LogP contribution < -0.4 is 5.32 Å². The van der Waals surface area contributed by atoms with Crippen molar-refractivity contribution < 1.29 is 13.2 Å². The standard InChI is InChI=1S/C14H17F3N2.ClH/c15-11-6-13(17)12(16)5-10(11)7-19-4-2-14(9-19)1-3-18-8-14;/h5-6,18H,1-4,7-9H2;1H. The zero-order chi connectivity index (χ0) is 13.5. The van der Waals surface area contributed by atoms with Crippen LogP contribution in [0, 0.1) is 22.9 Å². The van der Waals surface area contributed by atoms with Gasteiger partial charge in [0.2, 0.25) is 0 Å². The average Bonchev–Trinajstić information content (AvgIpc) is 2.98. The van der Waals surface area contributed by atoms with E-state index < -0.39 is 17.5 Å². The van der Waals surface area contributed by atoms with Crippen LogP contribution in [-0.2, 0) is 6.54 Å². The first-order valence-electron chi connectivity index (χ1n) is 6.65. The van der Waals surface area contributed by atoms with Crippen LogP contribution in [0.3, 0.4) is 0 Å². The summed E-state index contributed by atoms with van der Waals surface area (Å²) in [4.78, 5) is 2.13. The van der Waals surface area contributed by atoms with Gasteiger partial charge in [0.15, 0.2) is 11.6 Å². The van der Waals surface area contributed by atoms with Crippen LogP contribution in [0.25, 0.3) is 0 Å². The minimum Gasteiger partial charge on any atom is -0.316 e. The first-order valence-corrected chi connectivity index (χ1v) is 6.65. The summed E-state index contributed by atoms with van der Waals surface area (Å²) in [5.74, 6) is -2.77. The molecule has 3 rings (SSSR count). The average molecular weight is 307 g/mol. The van der Waals surface area contributed by atoms with Crippen LogP contribution >= 0.6 is 12.4 Å². The molecule has 0 bridgehead atoms. The van der Waals surface area contributed by atoms with Gasteiger partial charge in [-0.1, -0.05) is 0 Å². The van der Waals surface area contributed by atoms with Crippen LogP contribution in [0.1, 0.15) is 18.4 Å². The molecule has 0 saturated carbocycles. The van der Waals surface area contributed by atoms with Crippen molar-refractivity contribution in [1.29, 1.82) is 0 Å². The highest BCUT2D eigenvalue weighted by Crippen LogP contribution is 2.36. The van der Waals surface area contributed by atoms with Gasteiger partial charge in [-0.3, -0.25) is 4.90 Å². The monoisotopic (exact) mass is 306 g/mol. The van der Waals surface area contributed by atoms with Crippen LogP contribution in [0.4, 0.5) is 13.2 Å². The highest BCUT2D eigenvalue weighted by molar-refractivity contribution is 5.85. The van der Waals surface area contributed by atoms with Crippen molar-refractivity contribution >= 4 is 12.4 Å². The Morgan fingerprint density at radius 3 is 2.55 bits per heavy atom. The fourth-order valence-corrected chi connectivity index (χ4v) is 3.23. The Morgan fingerprint density at radius 2 is 1.85 bits per heavy atom. The Balaban J connectivity index is 0.00000147. The molecule has 2 aliphatic heterocycles. The Morgan fingerprint density at radius 1 is 1.10 bits per heavy atom. The molecule has 1 N–H and O–H groups in total. The quantitative estimate of drug-likeness (QED) is 0.845. The lowest BCUT2D eigenvalue weighted by molar-refractivity contribution is 0.265. The molecule has 0 aromatic heterocycles. The van der Waals surface area contributed by atoms with Crippen molar-refractivity contribution in [2.75, 3.05) is 26.2 Å². The van der Waals surface area contributed by atoms with Crippen molar-refractivity contribution in [3.8, 4) is 0 Å². The zero-order valence-corrected chi connectivity index (χ0v) is 11.9. The van der Waals surface area contributed by atoms with E-state index in [1.54, 1.807) is 0 Å². The summed E-state index contributed by atoms with van der Waals surface area (Å²) in [6.45, 7) is 4.18. The Hall–Kier alpha value is -0.780. The van der Waals surface area contributed by atoms with Gasteiger partial charge in [-0.25, -0.2) is 13.2 Å². The van der Waals surface area contributed by atoms with E-state index in [0.717, 1.165) is 45.1 Å². The number of likely N-dealkylation sites (tertiary alicyclic amines) is 1. The van der Waals surface area contributed by atoms with Crippen molar-refractivity contribution in [1.82, 2.24) is 10.2 Å². The number of halogens is 4. The van der Waals surface area contributed by atoms with Gasteiger partial charge in [-0.05, 0) is 37.4 Å². The van der Waals surface area contributed by atoms with Crippen molar-refractivity contribution in [3.05, 3.63) is 35.1 Å². The second kappa shape index (κ2) is 5.92. The molecule has 6 heteroatoms.